The molecule has 0 radical (unpaired) electrons. The number of phenolic OH excluding ortho intramolecular Hbond substituents is 1. The van der Waals surface area contributed by atoms with Gasteiger partial charge >= 0.3 is 0 Å². The topological polar surface area (TPSA) is 57.5 Å². The Bertz CT molecular complexity index is 441. The fourth-order valence-electron chi connectivity index (χ4n) is 2.85. The summed E-state index contributed by atoms with van der Waals surface area (Å²) in [7, 11) is 0. The summed E-state index contributed by atoms with van der Waals surface area (Å²) in [4.78, 5) is 10.8. The molecule has 1 aromatic rings. The monoisotopic (exact) mass is 320 g/mol. The fourth-order valence-corrected chi connectivity index (χ4v) is 2.85. The third kappa shape index (κ3) is 7.65. The second-order valence-corrected chi connectivity index (χ2v) is 6.88. The van der Waals surface area contributed by atoms with Crippen LogP contribution in [0, 0.1) is 18.8 Å². The maximum absolute atomic E-state index is 10.8. The van der Waals surface area contributed by atoms with E-state index in [0.717, 1.165) is 31.2 Å². The first-order chi connectivity index (χ1) is 10.9. The predicted molar refractivity (Wildman–Crippen MR) is 94.5 cm³/mol. The lowest BCUT2D eigenvalue weighted by atomic mass is 9.90. The molecule has 2 aliphatic rings. The number of aromatic hydroxyl groups is 1. The number of ketones is 1. The molecule has 2 aliphatic carbocycles. The zero-order valence-electron chi connectivity index (χ0n) is 14.8. The Morgan fingerprint density at radius 3 is 2.00 bits per heavy atom. The highest BCUT2D eigenvalue weighted by atomic mass is 16.3. The number of hydrogen-bond acceptors (Lipinski definition) is 3. The Hall–Kier alpha value is -1.35. The standard InChI is InChI=1S/C7H12O.C7H8O.C6H12O/c2*1-6-4-2-3-5-7(6)8;1-5-3-2-4-6(5)7/h6H,2-5H2,1H3;2-5,8H,1H3;5-7H,2-4H2,1H3. The van der Waals surface area contributed by atoms with Gasteiger partial charge in [-0.3, -0.25) is 4.79 Å². The van der Waals surface area contributed by atoms with E-state index in [9.17, 15) is 4.79 Å². The summed E-state index contributed by atoms with van der Waals surface area (Å²) in [5.74, 6) is 1.77. The van der Waals surface area contributed by atoms with Crippen LogP contribution in [0.15, 0.2) is 24.3 Å². The van der Waals surface area contributed by atoms with E-state index in [1.165, 1.54) is 19.3 Å². The Labute approximate surface area is 140 Å². The van der Waals surface area contributed by atoms with Crippen molar-refractivity contribution in [2.45, 2.75) is 71.8 Å². The van der Waals surface area contributed by atoms with Crippen LogP contribution in [0.5, 0.6) is 5.75 Å². The quantitative estimate of drug-likeness (QED) is 0.732. The number of aryl methyl sites for hydroxylation is 1. The van der Waals surface area contributed by atoms with E-state index in [2.05, 4.69) is 6.92 Å². The van der Waals surface area contributed by atoms with E-state index in [4.69, 9.17) is 10.2 Å². The average Bonchev–Trinajstić information content (AvgIpc) is 2.90. The number of aliphatic hydroxyl groups excluding tert-OH is 1. The number of carbonyl (C=O) groups is 1. The molecule has 0 aliphatic heterocycles. The number of benzene rings is 1. The normalized spacial score (nSPS) is 26.6. The van der Waals surface area contributed by atoms with Crippen molar-refractivity contribution in [3.63, 3.8) is 0 Å². The van der Waals surface area contributed by atoms with Gasteiger partial charge in [-0.25, -0.2) is 0 Å². The predicted octanol–water partition coefficient (Wildman–Crippen LogP) is 4.63. The van der Waals surface area contributed by atoms with Gasteiger partial charge in [0, 0.05) is 12.3 Å². The van der Waals surface area contributed by atoms with E-state index in [-0.39, 0.29) is 6.10 Å². The van der Waals surface area contributed by atoms with E-state index < -0.39 is 0 Å². The minimum absolute atomic E-state index is 0.0139. The molecule has 2 saturated carbocycles. The van der Waals surface area contributed by atoms with Gasteiger partial charge in [0.15, 0.2) is 0 Å². The molecule has 0 amide bonds. The molecule has 3 unspecified atom stereocenters. The van der Waals surface area contributed by atoms with E-state index in [0.29, 0.717) is 23.4 Å². The van der Waals surface area contributed by atoms with Crippen molar-refractivity contribution >= 4 is 5.78 Å². The second kappa shape index (κ2) is 10.4. The summed E-state index contributed by atoms with van der Waals surface area (Å²) in [5, 5.41) is 17.9. The largest absolute Gasteiger partial charge is 0.508 e. The highest BCUT2D eigenvalue weighted by Crippen LogP contribution is 2.24. The second-order valence-electron chi connectivity index (χ2n) is 6.88. The van der Waals surface area contributed by atoms with Crippen molar-refractivity contribution in [2.75, 3.05) is 0 Å². The van der Waals surface area contributed by atoms with Crippen molar-refractivity contribution < 1.29 is 15.0 Å². The summed E-state index contributed by atoms with van der Waals surface area (Å²) < 4.78 is 0. The van der Waals surface area contributed by atoms with Gasteiger partial charge in [-0.1, -0.05) is 44.9 Å². The Morgan fingerprint density at radius 2 is 1.70 bits per heavy atom. The van der Waals surface area contributed by atoms with Crippen LogP contribution >= 0.6 is 0 Å². The zero-order valence-corrected chi connectivity index (χ0v) is 14.8. The van der Waals surface area contributed by atoms with Gasteiger partial charge in [0.25, 0.3) is 0 Å². The van der Waals surface area contributed by atoms with Gasteiger partial charge < -0.3 is 10.2 Å². The number of carbonyl (C=O) groups excluding carboxylic acids is 1. The molecule has 3 rings (SSSR count). The van der Waals surface area contributed by atoms with Gasteiger partial charge in [-0.2, -0.15) is 0 Å². The van der Waals surface area contributed by atoms with Gasteiger partial charge in [0.2, 0.25) is 0 Å². The maximum Gasteiger partial charge on any atom is 0.135 e. The van der Waals surface area contributed by atoms with E-state index in [1.54, 1.807) is 6.07 Å². The summed E-state index contributed by atoms with van der Waals surface area (Å²) in [6.07, 6.45) is 7.83. The van der Waals surface area contributed by atoms with Crippen LogP contribution in [0.3, 0.4) is 0 Å². The van der Waals surface area contributed by atoms with Crippen LogP contribution in [-0.4, -0.2) is 22.1 Å². The first kappa shape index (κ1) is 19.7. The van der Waals surface area contributed by atoms with Gasteiger partial charge in [-0.15, -0.1) is 0 Å². The lowest BCUT2D eigenvalue weighted by Gasteiger charge is -2.14. The molecule has 0 spiro atoms. The molecule has 0 heterocycles. The molecule has 3 nitrogen and oxygen atoms in total. The number of Topliss-reactive ketones (excluding diaryl/α,β-unsaturated/α-hetero) is 1. The van der Waals surface area contributed by atoms with Crippen LogP contribution in [-0.2, 0) is 4.79 Å². The molecule has 2 N–H and O–H groups in total. The Morgan fingerprint density at radius 1 is 1.00 bits per heavy atom. The van der Waals surface area contributed by atoms with Crippen LogP contribution < -0.4 is 0 Å². The minimum Gasteiger partial charge on any atom is -0.508 e. The molecule has 0 aromatic heterocycles. The SMILES string of the molecule is CC1CCCC1O.CC1CCCCC1=O.Cc1ccccc1O. The number of rotatable bonds is 0. The van der Waals surface area contributed by atoms with Crippen LogP contribution in [0.4, 0.5) is 0 Å². The number of hydrogen-bond donors (Lipinski definition) is 2. The summed E-state index contributed by atoms with van der Waals surface area (Å²) >= 11 is 0. The number of aliphatic hydroxyl groups is 1. The molecule has 3 heteroatoms. The molecule has 0 saturated heterocycles. The van der Waals surface area contributed by atoms with Crippen molar-refractivity contribution in [1.29, 1.82) is 0 Å². The molecule has 3 atom stereocenters. The average molecular weight is 320 g/mol. The highest BCUT2D eigenvalue weighted by molar-refractivity contribution is 5.81. The van der Waals surface area contributed by atoms with Crippen LogP contribution in [0.2, 0.25) is 0 Å². The smallest absolute Gasteiger partial charge is 0.135 e. The van der Waals surface area contributed by atoms with E-state index in [1.807, 2.05) is 32.0 Å². The number of para-hydroxylation sites is 1. The minimum atomic E-state index is 0.0139. The molecule has 130 valence electrons. The molecule has 2 fully saturated rings. The van der Waals surface area contributed by atoms with E-state index >= 15 is 0 Å². The third-order valence-electron chi connectivity index (χ3n) is 4.79. The first-order valence-corrected chi connectivity index (χ1v) is 8.87. The molecule has 23 heavy (non-hydrogen) atoms. The summed E-state index contributed by atoms with van der Waals surface area (Å²) in [6.45, 7) is 6.01. The number of phenols is 1. The molecule has 1 aromatic carbocycles. The third-order valence-corrected chi connectivity index (χ3v) is 4.79. The van der Waals surface area contributed by atoms with Gasteiger partial charge in [0.1, 0.15) is 11.5 Å². The van der Waals surface area contributed by atoms with Crippen molar-refractivity contribution in [2.24, 2.45) is 11.8 Å². The molecular formula is C20H32O3. The Balaban J connectivity index is 0.000000173. The Kier molecular flexibility index (Phi) is 8.93. The highest BCUT2D eigenvalue weighted by Gasteiger charge is 2.19. The van der Waals surface area contributed by atoms with Crippen molar-refractivity contribution in [3.8, 4) is 5.75 Å². The molecular weight excluding hydrogens is 288 g/mol. The van der Waals surface area contributed by atoms with Crippen molar-refractivity contribution in [1.82, 2.24) is 0 Å². The first-order valence-electron chi connectivity index (χ1n) is 8.87. The summed E-state index contributed by atoms with van der Waals surface area (Å²) in [5.41, 5.74) is 0.924. The maximum atomic E-state index is 10.8. The van der Waals surface area contributed by atoms with Crippen LogP contribution in [0.25, 0.3) is 0 Å². The van der Waals surface area contributed by atoms with Crippen LogP contribution in [0.1, 0.15) is 64.4 Å². The summed E-state index contributed by atoms with van der Waals surface area (Å²) in [6, 6.07) is 7.25. The molecule has 0 bridgehead atoms. The van der Waals surface area contributed by atoms with Gasteiger partial charge in [0.05, 0.1) is 6.10 Å². The lowest BCUT2D eigenvalue weighted by molar-refractivity contribution is -0.123. The fraction of sp³-hybridized carbons (Fsp3) is 0.650. The van der Waals surface area contributed by atoms with Crippen molar-refractivity contribution in [3.05, 3.63) is 29.8 Å². The van der Waals surface area contributed by atoms with Gasteiger partial charge in [-0.05, 0) is 50.2 Å². The zero-order chi connectivity index (χ0) is 17.2. The lowest BCUT2D eigenvalue weighted by Crippen LogP contribution is -2.14.